The molecule has 5 heteroatoms. The SMILES string of the molecule is O=C(c1cccc2c1N[C@@H](c1ccc(Br)cc1)[C@H]1CC=C[C@H]21)N1CCOCC1. The lowest BCUT2D eigenvalue weighted by molar-refractivity contribution is 0.0303. The number of amides is 1. The molecule has 2 aliphatic heterocycles. The van der Waals surface area contributed by atoms with Crippen molar-refractivity contribution in [1.82, 2.24) is 4.90 Å². The summed E-state index contributed by atoms with van der Waals surface area (Å²) >= 11 is 3.53. The van der Waals surface area contributed by atoms with Gasteiger partial charge < -0.3 is 15.0 Å². The molecule has 2 heterocycles. The predicted molar refractivity (Wildman–Crippen MR) is 114 cm³/mol. The van der Waals surface area contributed by atoms with Gasteiger partial charge in [0.25, 0.3) is 5.91 Å². The van der Waals surface area contributed by atoms with E-state index in [-0.39, 0.29) is 11.9 Å². The molecular weight excluding hydrogens is 416 g/mol. The summed E-state index contributed by atoms with van der Waals surface area (Å²) in [5, 5.41) is 3.76. The Morgan fingerprint density at radius 2 is 1.89 bits per heavy atom. The number of nitrogens with zero attached hydrogens (tertiary/aromatic N) is 1. The number of nitrogens with one attached hydrogen (secondary N) is 1. The maximum absolute atomic E-state index is 13.3. The second-order valence-corrected chi connectivity index (χ2v) is 8.62. The minimum atomic E-state index is 0.0997. The van der Waals surface area contributed by atoms with E-state index in [1.165, 1.54) is 11.1 Å². The van der Waals surface area contributed by atoms with Gasteiger partial charge in [0.05, 0.1) is 30.5 Å². The Kier molecular flexibility index (Phi) is 4.73. The molecule has 4 nitrogen and oxygen atoms in total. The highest BCUT2D eigenvalue weighted by molar-refractivity contribution is 9.10. The quantitative estimate of drug-likeness (QED) is 0.687. The fourth-order valence-electron chi connectivity index (χ4n) is 4.74. The van der Waals surface area contributed by atoms with Gasteiger partial charge in [-0.05, 0) is 41.7 Å². The summed E-state index contributed by atoms with van der Waals surface area (Å²) in [6, 6.07) is 14.9. The van der Waals surface area contributed by atoms with Gasteiger partial charge in [0.15, 0.2) is 0 Å². The summed E-state index contributed by atoms with van der Waals surface area (Å²) < 4.78 is 6.50. The van der Waals surface area contributed by atoms with Crippen LogP contribution >= 0.6 is 15.9 Å². The van der Waals surface area contributed by atoms with Crippen molar-refractivity contribution in [2.75, 3.05) is 31.6 Å². The number of benzene rings is 2. The topological polar surface area (TPSA) is 41.6 Å². The Bertz CT molecular complexity index is 919. The van der Waals surface area contributed by atoms with E-state index in [0.29, 0.717) is 38.1 Å². The van der Waals surface area contributed by atoms with Gasteiger partial charge in [-0.1, -0.05) is 52.3 Å². The van der Waals surface area contributed by atoms with Crippen molar-refractivity contribution in [3.8, 4) is 0 Å². The number of allylic oxidation sites excluding steroid dienone is 2. The summed E-state index contributed by atoms with van der Waals surface area (Å²) in [5.41, 5.74) is 4.28. The van der Waals surface area contributed by atoms with Crippen LogP contribution in [0.5, 0.6) is 0 Å². The fraction of sp³-hybridized carbons (Fsp3) is 0.348. The Labute approximate surface area is 173 Å². The average molecular weight is 439 g/mol. The highest BCUT2D eigenvalue weighted by atomic mass is 79.9. The lowest BCUT2D eigenvalue weighted by atomic mass is 9.76. The summed E-state index contributed by atoms with van der Waals surface area (Å²) in [7, 11) is 0. The van der Waals surface area contributed by atoms with Gasteiger partial charge in [-0.25, -0.2) is 0 Å². The van der Waals surface area contributed by atoms with E-state index in [1.54, 1.807) is 0 Å². The van der Waals surface area contributed by atoms with E-state index in [1.807, 2.05) is 17.0 Å². The molecule has 1 N–H and O–H groups in total. The molecule has 0 radical (unpaired) electrons. The van der Waals surface area contributed by atoms with Crippen LogP contribution in [0, 0.1) is 5.92 Å². The van der Waals surface area contributed by atoms with Gasteiger partial charge in [0.1, 0.15) is 0 Å². The van der Waals surface area contributed by atoms with Crippen molar-refractivity contribution < 1.29 is 9.53 Å². The number of halogens is 1. The average Bonchev–Trinajstić information content (AvgIpc) is 3.24. The number of hydrogen-bond donors (Lipinski definition) is 1. The number of rotatable bonds is 2. The maximum Gasteiger partial charge on any atom is 0.256 e. The highest BCUT2D eigenvalue weighted by Crippen LogP contribution is 2.50. The number of hydrogen-bond acceptors (Lipinski definition) is 3. The Morgan fingerprint density at radius 1 is 1.11 bits per heavy atom. The molecule has 2 aromatic rings. The predicted octanol–water partition coefficient (Wildman–Crippen LogP) is 4.75. The van der Waals surface area contributed by atoms with Crippen molar-refractivity contribution in [2.45, 2.75) is 18.4 Å². The largest absolute Gasteiger partial charge is 0.378 e. The standard InChI is InChI=1S/C23H23BrN2O2/c24-16-9-7-15(8-10-16)21-18-4-1-3-17(18)19-5-2-6-20(22(19)25-21)23(27)26-11-13-28-14-12-26/h1-3,5-10,17-18,21,25H,4,11-14H2/t17-,18-,21-/m0/s1. The van der Waals surface area contributed by atoms with Crippen LogP contribution in [-0.4, -0.2) is 37.1 Å². The van der Waals surface area contributed by atoms with E-state index in [2.05, 4.69) is 63.7 Å². The number of fused-ring (bicyclic) bond motifs is 3. The molecule has 28 heavy (non-hydrogen) atoms. The molecule has 144 valence electrons. The second kappa shape index (κ2) is 7.37. The van der Waals surface area contributed by atoms with Crippen molar-refractivity contribution in [2.24, 2.45) is 5.92 Å². The number of ether oxygens (including phenoxy) is 1. The van der Waals surface area contributed by atoms with E-state index in [4.69, 9.17) is 4.74 Å². The van der Waals surface area contributed by atoms with Crippen LogP contribution in [0.2, 0.25) is 0 Å². The second-order valence-electron chi connectivity index (χ2n) is 7.70. The van der Waals surface area contributed by atoms with Gasteiger partial charge in [-0.2, -0.15) is 0 Å². The van der Waals surface area contributed by atoms with Crippen molar-refractivity contribution in [1.29, 1.82) is 0 Å². The summed E-state index contributed by atoms with van der Waals surface area (Å²) in [5.74, 6) is 0.924. The molecule has 2 aromatic carbocycles. The molecule has 0 unspecified atom stereocenters. The van der Waals surface area contributed by atoms with Gasteiger partial charge in [-0.3, -0.25) is 4.79 Å². The van der Waals surface area contributed by atoms with Crippen molar-refractivity contribution in [3.63, 3.8) is 0 Å². The van der Waals surface area contributed by atoms with Gasteiger partial charge in [0, 0.05) is 23.5 Å². The van der Waals surface area contributed by atoms with Gasteiger partial charge in [0.2, 0.25) is 0 Å². The smallest absolute Gasteiger partial charge is 0.256 e. The van der Waals surface area contributed by atoms with E-state index >= 15 is 0 Å². The van der Waals surface area contributed by atoms with Crippen LogP contribution in [0.25, 0.3) is 0 Å². The Balaban J connectivity index is 1.55. The number of carbonyl (C=O) groups excluding carboxylic acids is 1. The fourth-order valence-corrected chi connectivity index (χ4v) is 5.00. The number of carbonyl (C=O) groups is 1. The molecule has 3 atom stereocenters. The van der Waals surface area contributed by atoms with Gasteiger partial charge >= 0.3 is 0 Å². The number of morpholine rings is 1. The van der Waals surface area contributed by atoms with Crippen LogP contribution in [-0.2, 0) is 4.74 Å². The molecular formula is C23H23BrN2O2. The van der Waals surface area contributed by atoms with Crippen LogP contribution in [0.15, 0.2) is 59.1 Å². The normalized spacial score (nSPS) is 25.8. The zero-order chi connectivity index (χ0) is 19.1. The van der Waals surface area contributed by atoms with Crippen LogP contribution < -0.4 is 5.32 Å². The summed E-state index contributed by atoms with van der Waals surface area (Å²) in [6.07, 6.45) is 5.66. The maximum atomic E-state index is 13.3. The van der Waals surface area contributed by atoms with Crippen LogP contribution in [0.1, 0.15) is 39.9 Å². The molecule has 0 aromatic heterocycles. The first-order chi connectivity index (χ1) is 13.7. The summed E-state index contributed by atoms with van der Waals surface area (Å²) in [4.78, 5) is 15.2. The molecule has 0 saturated carbocycles. The number of anilines is 1. The molecule has 1 saturated heterocycles. The van der Waals surface area contributed by atoms with Crippen LogP contribution in [0.3, 0.4) is 0 Å². The third kappa shape index (κ3) is 3.07. The van der Waals surface area contributed by atoms with Crippen LogP contribution in [0.4, 0.5) is 5.69 Å². The zero-order valence-corrected chi connectivity index (χ0v) is 17.2. The Morgan fingerprint density at radius 3 is 2.68 bits per heavy atom. The minimum absolute atomic E-state index is 0.0997. The molecule has 5 rings (SSSR count). The molecule has 1 amide bonds. The third-order valence-electron chi connectivity index (χ3n) is 6.15. The molecule has 3 aliphatic rings. The first-order valence-electron chi connectivity index (χ1n) is 9.91. The Hall–Kier alpha value is -2.11. The monoisotopic (exact) mass is 438 g/mol. The lowest BCUT2D eigenvalue weighted by Gasteiger charge is -2.39. The van der Waals surface area contributed by atoms with E-state index < -0.39 is 0 Å². The molecule has 0 spiro atoms. The zero-order valence-electron chi connectivity index (χ0n) is 15.6. The molecule has 0 bridgehead atoms. The molecule has 1 aliphatic carbocycles. The first-order valence-corrected chi connectivity index (χ1v) is 10.7. The van der Waals surface area contributed by atoms with Gasteiger partial charge in [-0.15, -0.1) is 0 Å². The minimum Gasteiger partial charge on any atom is -0.378 e. The van der Waals surface area contributed by atoms with E-state index in [9.17, 15) is 4.79 Å². The third-order valence-corrected chi connectivity index (χ3v) is 6.68. The summed E-state index contributed by atoms with van der Waals surface area (Å²) in [6.45, 7) is 2.54. The van der Waals surface area contributed by atoms with E-state index in [0.717, 1.165) is 22.1 Å². The van der Waals surface area contributed by atoms with Crippen molar-refractivity contribution >= 4 is 27.5 Å². The first kappa shape index (κ1) is 18.0. The van der Waals surface area contributed by atoms with Crippen molar-refractivity contribution in [3.05, 3.63) is 75.8 Å². The lowest BCUT2D eigenvalue weighted by Crippen LogP contribution is -2.41. The molecule has 1 fully saturated rings. The highest BCUT2D eigenvalue weighted by Gasteiger charge is 2.39. The number of para-hydroxylation sites is 1.